The highest BCUT2D eigenvalue weighted by molar-refractivity contribution is 7.22. The number of thiophene rings is 1. The van der Waals surface area contributed by atoms with E-state index in [1.807, 2.05) is 42.5 Å². The highest BCUT2D eigenvalue weighted by atomic mass is 32.1. The smallest absolute Gasteiger partial charge is 0.251 e. The number of nitrogens with one attached hydrogen (secondary N) is 2. The zero-order chi connectivity index (χ0) is 16.4. The van der Waals surface area contributed by atoms with Gasteiger partial charge in [-0.3, -0.25) is 9.59 Å². The summed E-state index contributed by atoms with van der Waals surface area (Å²) in [6, 6.07) is 15.3. The van der Waals surface area contributed by atoms with E-state index in [-0.39, 0.29) is 11.8 Å². The monoisotopic (exact) mass is 324 g/mol. The standard InChI is InChI=1S/C18H16N2O2S/c1-19-17(21)12-5-3-11(4-6-12)15-9-13-7-8-14(18(22)20-2)10-16(13)23-15/h3-10H,1-2H3,(H,19,21)(H,20,22). The fourth-order valence-electron chi connectivity index (χ4n) is 2.39. The van der Waals surface area contributed by atoms with Gasteiger partial charge in [0.05, 0.1) is 0 Å². The Bertz CT molecular complexity index is 882. The first-order chi connectivity index (χ1) is 11.1. The Labute approximate surface area is 138 Å². The van der Waals surface area contributed by atoms with Crippen LogP contribution in [0.25, 0.3) is 20.5 Å². The average Bonchev–Trinajstić information content (AvgIpc) is 3.03. The fourth-order valence-corrected chi connectivity index (χ4v) is 3.50. The summed E-state index contributed by atoms with van der Waals surface area (Å²) < 4.78 is 1.07. The molecular formula is C18H16N2O2S. The van der Waals surface area contributed by atoms with Crippen molar-refractivity contribution in [2.24, 2.45) is 0 Å². The Balaban J connectivity index is 1.97. The van der Waals surface area contributed by atoms with Crippen LogP contribution in [0.3, 0.4) is 0 Å². The van der Waals surface area contributed by atoms with E-state index in [0.29, 0.717) is 11.1 Å². The van der Waals surface area contributed by atoms with E-state index < -0.39 is 0 Å². The molecule has 1 heterocycles. The van der Waals surface area contributed by atoms with Crippen molar-refractivity contribution in [1.29, 1.82) is 0 Å². The van der Waals surface area contributed by atoms with Gasteiger partial charge in [-0.2, -0.15) is 0 Å². The van der Waals surface area contributed by atoms with Gasteiger partial charge in [0.15, 0.2) is 0 Å². The van der Waals surface area contributed by atoms with E-state index in [1.165, 1.54) is 0 Å². The van der Waals surface area contributed by atoms with Gasteiger partial charge in [-0.05, 0) is 41.3 Å². The number of hydrogen-bond acceptors (Lipinski definition) is 3. The van der Waals surface area contributed by atoms with Crippen molar-refractivity contribution in [3.8, 4) is 10.4 Å². The second-order valence-electron chi connectivity index (χ2n) is 5.10. The predicted molar refractivity (Wildman–Crippen MR) is 94.0 cm³/mol. The molecule has 0 radical (unpaired) electrons. The predicted octanol–water partition coefficient (Wildman–Crippen LogP) is 3.29. The molecule has 23 heavy (non-hydrogen) atoms. The van der Waals surface area contributed by atoms with Crippen LogP contribution in [0.15, 0.2) is 48.5 Å². The number of carbonyl (C=O) groups excluding carboxylic acids is 2. The molecule has 3 rings (SSSR count). The maximum Gasteiger partial charge on any atom is 0.251 e. The molecular weight excluding hydrogens is 308 g/mol. The molecule has 0 saturated heterocycles. The van der Waals surface area contributed by atoms with E-state index in [0.717, 1.165) is 20.5 Å². The maximum atomic E-state index is 11.7. The van der Waals surface area contributed by atoms with Crippen LogP contribution in [0.1, 0.15) is 20.7 Å². The van der Waals surface area contributed by atoms with E-state index in [1.54, 1.807) is 25.4 Å². The van der Waals surface area contributed by atoms with Crippen molar-refractivity contribution in [2.75, 3.05) is 14.1 Å². The van der Waals surface area contributed by atoms with Crippen LogP contribution in [0.5, 0.6) is 0 Å². The van der Waals surface area contributed by atoms with Crippen molar-refractivity contribution in [2.45, 2.75) is 0 Å². The molecule has 1 aromatic heterocycles. The summed E-state index contributed by atoms with van der Waals surface area (Å²) >= 11 is 1.63. The molecule has 4 nitrogen and oxygen atoms in total. The van der Waals surface area contributed by atoms with Gasteiger partial charge < -0.3 is 10.6 Å². The van der Waals surface area contributed by atoms with Crippen LogP contribution in [0.4, 0.5) is 0 Å². The number of carbonyl (C=O) groups is 2. The summed E-state index contributed by atoms with van der Waals surface area (Å²) in [5, 5.41) is 6.35. The molecule has 0 saturated carbocycles. The Morgan fingerprint density at radius 2 is 1.43 bits per heavy atom. The van der Waals surface area contributed by atoms with Crippen LogP contribution >= 0.6 is 11.3 Å². The molecule has 0 aliphatic carbocycles. The molecule has 116 valence electrons. The Morgan fingerprint density at radius 1 is 0.826 bits per heavy atom. The number of rotatable bonds is 3. The quantitative estimate of drug-likeness (QED) is 0.777. The van der Waals surface area contributed by atoms with Crippen molar-refractivity contribution >= 4 is 33.2 Å². The number of amides is 2. The van der Waals surface area contributed by atoms with Crippen LogP contribution in [-0.4, -0.2) is 25.9 Å². The maximum absolute atomic E-state index is 11.7. The first-order valence-corrected chi connectivity index (χ1v) is 8.02. The third kappa shape index (κ3) is 2.96. The minimum atomic E-state index is -0.0943. The van der Waals surface area contributed by atoms with Crippen molar-refractivity contribution in [3.63, 3.8) is 0 Å². The zero-order valence-electron chi connectivity index (χ0n) is 12.8. The summed E-state index contributed by atoms with van der Waals surface area (Å²) in [7, 11) is 3.24. The second kappa shape index (κ2) is 6.22. The molecule has 0 spiro atoms. The van der Waals surface area contributed by atoms with Crippen LogP contribution in [0.2, 0.25) is 0 Å². The highest BCUT2D eigenvalue weighted by Gasteiger charge is 2.09. The van der Waals surface area contributed by atoms with E-state index in [9.17, 15) is 9.59 Å². The lowest BCUT2D eigenvalue weighted by Gasteiger charge is -2.01. The number of fused-ring (bicyclic) bond motifs is 1. The first-order valence-electron chi connectivity index (χ1n) is 7.20. The Kier molecular flexibility index (Phi) is 4.12. The molecule has 0 atom stereocenters. The SMILES string of the molecule is CNC(=O)c1ccc(-c2cc3ccc(C(=O)NC)cc3s2)cc1. The minimum absolute atomic E-state index is 0.0863. The Morgan fingerprint density at radius 3 is 2.09 bits per heavy atom. The molecule has 2 aromatic carbocycles. The molecule has 0 aliphatic rings. The summed E-state index contributed by atoms with van der Waals surface area (Å²) in [6.07, 6.45) is 0. The minimum Gasteiger partial charge on any atom is -0.355 e. The largest absolute Gasteiger partial charge is 0.355 e. The van der Waals surface area contributed by atoms with Crippen LogP contribution in [-0.2, 0) is 0 Å². The summed E-state index contributed by atoms with van der Waals surface area (Å²) in [5.41, 5.74) is 2.35. The molecule has 3 aromatic rings. The first kappa shape index (κ1) is 15.2. The van der Waals surface area contributed by atoms with Gasteiger partial charge >= 0.3 is 0 Å². The summed E-state index contributed by atoms with van der Waals surface area (Å²) in [6.45, 7) is 0. The third-order valence-corrected chi connectivity index (χ3v) is 4.81. The van der Waals surface area contributed by atoms with Crippen LogP contribution in [0, 0.1) is 0 Å². The number of hydrogen-bond donors (Lipinski definition) is 2. The summed E-state index contributed by atoms with van der Waals surface area (Å²) in [5.74, 6) is -0.181. The van der Waals surface area contributed by atoms with Gasteiger partial charge in [-0.25, -0.2) is 0 Å². The zero-order valence-corrected chi connectivity index (χ0v) is 13.7. The molecule has 0 fully saturated rings. The van der Waals surface area contributed by atoms with Gasteiger partial charge in [-0.15, -0.1) is 11.3 Å². The Hall–Kier alpha value is -2.66. The molecule has 5 heteroatoms. The van der Waals surface area contributed by atoms with Crippen molar-refractivity contribution < 1.29 is 9.59 Å². The van der Waals surface area contributed by atoms with Crippen LogP contribution < -0.4 is 10.6 Å². The average molecular weight is 324 g/mol. The molecule has 0 aliphatic heterocycles. The molecule has 2 N–H and O–H groups in total. The van der Waals surface area contributed by atoms with Crippen molar-refractivity contribution in [3.05, 3.63) is 59.7 Å². The van der Waals surface area contributed by atoms with Gasteiger partial charge in [0.2, 0.25) is 0 Å². The molecule has 0 unspecified atom stereocenters. The van der Waals surface area contributed by atoms with E-state index in [2.05, 4.69) is 16.7 Å². The van der Waals surface area contributed by atoms with Gasteiger partial charge in [0.1, 0.15) is 0 Å². The van der Waals surface area contributed by atoms with Crippen molar-refractivity contribution in [1.82, 2.24) is 10.6 Å². The molecule has 2 amide bonds. The highest BCUT2D eigenvalue weighted by Crippen LogP contribution is 2.34. The lowest BCUT2D eigenvalue weighted by Crippen LogP contribution is -2.17. The van der Waals surface area contributed by atoms with Gasteiger partial charge in [0, 0.05) is 34.8 Å². The molecule has 0 bridgehead atoms. The van der Waals surface area contributed by atoms with E-state index in [4.69, 9.17) is 0 Å². The number of benzene rings is 2. The topological polar surface area (TPSA) is 58.2 Å². The van der Waals surface area contributed by atoms with E-state index >= 15 is 0 Å². The fraction of sp³-hybridized carbons (Fsp3) is 0.111. The second-order valence-corrected chi connectivity index (χ2v) is 6.18. The lowest BCUT2D eigenvalue weighted by molar-refractivity contribution is 0.0955. The summed E-state index contributed by atoms with van der Waals surface area (Å²) in [4.78, 5) is 24.4. The lowest BCUT2D eigenvalue weighted by atomic mass is 10.1. The van der Waals surface area contributed by atoms with Gasteiger partial charge in [0.25, 0.3) is 11.8 Å². The normalized spacial score (nSPS) is 10.5. The van der Waals surface area contributed by atoms with Gasteiger partial charge in [-0.1, -0.05) is 18.2 Å². The third-order valence-electron chi connectivity index (χ3n) is 3.67.